The fourth-order valence-corrected chi connectivity index (χ4v) is 4.35. The smallest absolute Gasteiger partial charge is 0.280 e. The SMILES string of the molecule is Cc1c(C(=O)NNC(=O)c2cn(C)c3ccccc23)sc2cccc(F)c12. The van der Waals surface area contributed by atoms with Crippen LogP contribution in [0.25, 0.3) is 21.0 Å². The zero-order valence-corrected chi connectivity index (χ0v) is 15.5. The minimum Gasteiger partial charge on any atom is -0.350 e. The molecule has 0 aliphatic rings. The van der Waals surface area contributed by atoms with Gasteiger partial charge in [0.15, 0.2) is 0 Å². The van der Waals surface area contributed by atoms with Crippen LogP contribution in [0.5, 0.6) is 0 Å². The van der Waals surface area contributed by atoms with Gasteiger partial charge in [0.2, 0.25) is 0 Å². The molecule has 0 atom stereocenters. The Hall–Kier alpha value is -3.19. The summed E-state index contributed by atoms with van der Waals surface area (Å²) in [4.78, 5) is 25.4. The topological polar surface area (TPSA) is 63.1 Å². The van der Waals surface area contributed by atoms with Crippen molar-refractivity contribution in [1.82, 2.24) is 15.4 Å². The van der Waals surface area contributed by atoms with Crippen molar-refractivity contribution >= 4 is 44.1 Å². The van der Waals surface area contributed by atoms with Crippen molar-refractivity contribution in [2.45, 2.75) is 6.92 Å². The number of para-hydroxylation sites is 1. The standard InChI is InChI=1S/C20H16FN3O2S/c1-11-17-14(21)7-5-9-16(17)27-18(11)20(26)23-22-19(25)13-10-24(2)15-8-4-3-6-12(13)15/h3-10H,1-2H3,(H,22,25)(H,23,26). The highest BCUT2D eigenvalue weighted by atomic mass is 32.1. The van der Waals surface area contributed by atoms with Crippen LogP contribution >= 0.6 is 11.3 Å². The largest absolute Gasteiger partial charge is 0.350 e. The number of fused-ring (bicyclic) bond motifs is 2. The van der Waals surface area contributed by atoms with E-state index in [0.717, 1.165) is 10.9 Å². The van der Waals surface area contributed by atoms with Crippen LogP contribution in [0.15, 0.2) is 48.7 Å². The molecule has 2 aromatic carbocycles. The van der Waals surface area contributed by atoms with Gasteiger partial charge in [-0.3, -0.25) is 20.4 Å². The summed E-state index contributed by atoms with van der Waals surface area (Å²) in [6.07, 6.45) is 1.71. The Morgan fingerprint density at radius 2 is 1.78 bits per heavy atom. The van der Waals surface area contributed by atoms with E-state index in [0.29, 0.717) is 26.1 Å². The molecule has 0 fully saturated rings. The maximum atomic E-state index is 14.0. The molecule has 5 nitrogen and oxygen atoms in total. The van der Waals surface area contributed by atoms with Gasteiger partial charge >= 0.3 is 0 Å². The van der Waals surface area contributed by atoms with Crippen molar-refractivity contribution in [3.63, 3.8) is 0 Å². The van der Waals surface area contributed by atoms with Crippen LogP contribution in [0.4, 0.5) is 4.39 Å². The number of hydrogen-bond donors (Lipinski definition) is 2. The third-order valence-corrected chi connectivity index (χ3v) is 5.80. The van der Waals surface area contributed by atoms with Crippen molar-refractivity contribution < 1.29 is 14.0 Å². The number of rotatable bonds is 2. The number of thiophene rings is 1. The van der Waals surface area contributed by atoms with Gasteiger partial charge in [0.1, 0.15) is 5.82 Å². The Labute approximate surface area is 158 Å². The summed E-state index contributed by atoms with van der Waals surface area (Å²) in [6, 6.07) is 12.3. The molecule has 0 spiro atoms. The molecule has 0 unspecified atom stereocenters. The second-order valence-corrected chi connectivity index (χ2v) is 7.30. The van der Waals surface area contributed by atoms with Crippen LogP contribution < -0.4 is 10.9 Å². The first-order chi connectivity index (χ1) is 13.0. The summed E-state index contributed by atoms with van der Waals surface area (Å²) in [7, 11) is 1.85. The first kappa shape index (κ1) is 17.2. The van der Waals surface area contributed by atoms with E-state index >= 15 is 0 Å². The predicted octanol–water partition coefficient (Wildman–Crippen LogP) is 3.92. The van der Waals surface area contributed by atoms with Crippen LogP contribution in [0.2, 0.25) is 0 Å². The Bertz CT molecular complexity index is 1210. The lowest BCUT2D eigenvalue weighted by Crippen LogP contribution is -2.41. The number of amides is 2. The van der Waals surface area contributed by atoms with Crippen LogP contribution in [-0.4, -0.2) is 16.4 Å². The molecule has 0 saturated carbocycles. The van der Waals surface area contributed by atoms with E-state index in [4.69, 9.17) is 0 Å². The number of nitrogens with zero attached hydrogens (tertiary/aromatic N) is 1. The van der Waals surface area contributed by atoms with Crippen molar-refractivity contribution in [3.8, 4) is 0 Å². The number of carbonyl (C=O) groups excluding carboxylic acids is 2. The van der Waals surface area contributed by atoms with E-state index in [2.05, 4.69) is 10.9 Å². The van der Waals surface area contributed by atoms with Crippen molar-refractivity contribution in [2.75, 3.05) is 0 Å². The Morgan fingerprint density at radius 1 is 1.04 bits per heavy atom. The quantitative estimate of drug-likeness (QED) is 0.517. The van der Waals surface area contributed by atoms with Gasteiger partial charge in [-0.15, -0.1) is 11.3 Å². The normalized spacial score (nSPS) is 11.1. The van der Waals surface area contributed by atoms with Crippen LogP contribution in [0, 0.1) is 12.7 Å². The fraction of sp³-hybridized carbons (Fsp3) is 0.100. The number of hydrazine groups is 1. The molecule has 0 aliphatic carbocycles. The van der Waals surface area contributed by atoms with Gasteiger partial charge in [0.25, 0.3) is 11.8 Å². The van der Waals surface area contributed by atoms with E-state index in [1.165, 1.54) is 17.4 Å². The van der Waals surface area contributed by atoms with Gasteiger partial charge < -0.3 is 4.57 Å². The van der Waals surface area contributed by atoms with Gasteiger partial charge in [0, 0.05) is 34.2 Å². The molecule has 136 valence electrons. The molecule has 7 heteroatoms. The molecule has 4 rings (SSSR count). The second-order valence-electron chi connectivity index (χ2n) is 6.25. The van der Waals surface area contributed by atoms with Gasteiger partial charge in [-0.25, -0.2) is 4.39 Å². The summed E-state index contributed by atoms with van der Waals surface area (Å²) >= 11 is 1.19. The molecule has 0 aliphatic heterocycles. The first-order valence-electron chi connectivity index (χ1n) is 8.29. The lowest BCUT2D eigenvalue weighted by molar-refractivity contribution is 0.0849. The number of aromatic nitrogens is 1. The van der Waals surface area contributed by atoms with Crippen LogP contribution in [0.3, 0.4) is 0 Å². The molecule has 2 heterocycles. The average Bonchev–Trinajstić information content (AvgIpc) is 3.18. The highest BCUT2D eigenvalue weighted by molar-refractivity contribution is 7.21. The number of nitrogens with one attached hydrogen (secondary N) is 2. The molecule has 27 heavy (non-hydrogen) atoms. The van der Waals surface area contributed by atoms with E-state index in [-0.39, 0.29) is 5.82 Å². The molecule has 2 N–H and O–H groups in total. The van der Waals surface area contributed by atoms with Crippen molar-refractivity contribution in [1.29, 1.82) is 0 Å². The molecule has 2 amide bonds. The number of aryl methyl sites for hydroxylation is 2. The predicted molar refractivity (Wildman–Crippen MR) is 104 cm³/mol. The molecular formula is C20H16FN3O2S. The van der Waals surface area contributed by atoms with Gasteiger partial charge in [0.05, 0.1) is 10.4 Å². The fourth-order valence-electron chi connectivity index (χ4n) is 3.23. The van der Waals surface area contributed by atoms with Gasteiger partial charge in [-0.05, 0) is 30.7 Å². The molecule has 0 saturated heterocycles. The summed E-state index contributed by atoms with van der Waals surface area (Å²) in [6.45, 7) is 1.70. The molecule has 0 radical (unpaired) electrons. The summed E-state index contributed by atoms with van der Waals surface area (Å²) in [5, 5.41) is 1.24. The maximum absolute atomic E-state index is 14.0. The van der Waals surface area contributed by atoms with Crippen LogP contribution in [-0.2, 0) is 7.05 Å². The minimum atomic E-state index is -0.471. The Balaban J connectivity index is 1.56. The molecule has 4 aromatic rings. The van der Waals surface area contributed by atoms with E-state index in [1.807, 2.05) is 35.9 Å². The maximum Gasteiger partial charge on any atom is 0.280 e. The highest BCUT2D eigenvalue weighted by Crippen LogP contribution is 2.32. The Kier molecular flexibility index (Phi) is 4.16. The van der Waals surface area contributed by atoms with E-state index in [1.54, 1.807) is 25.3 Å². The third kappa shape index (κ3) is 2.86. The highest BCUT2D eigenvalue weighted by Gasteiger charge is 2.19. The number of halogens is 1. The number of carbonyl (C=O) groups is 2. The average molecular weight is 381 g/mol. The summed E-state index contributed by atoms with van der Waals surface area (Å²) < 4.78 is 16.6. The molecular weight excluding hydrogens is 365 g/mol. The summed E-state index contributed by atoms with van der Waals surface area (Å²) in [5.41, 5.74) is 6.83. The number of benzene rings is 2. The lowest BCUT2D eigenvalue weighted by atomic mass is 10.1. The van der Waals surface area contributed by atoms with E-state index < -0.39 is 11.8 Å². The molecule has 0 bridgehead atoms. The number of hydrogen-bond acceptors (Lipinski definition) is 3. The minimum absolute atomic E-state index is 0.361. The Morgan fingerprint density at radius 3 is 2.56 bits per heavy atom. The van der Waals surface area contributed by atoms with E-state index in [9.17, 15) is 14.0 Å². The zero-order valence-electron chi connectivity index (χ0n) is 14.7. The van der Waals surface area contributed by atoms with Crippen molar-refractivity contribution in [3.05, 3.63) is 70.5 Å². The second kappa shape index (κ2) is 6.51. The first-order valence-corrected chi connectivity index (χ1v) is 9.11. The monoisotopic (exact) mass is 381 g/mol. The van der Waals surface area contributed by atoms with Crippen molar-refractivity contribution in [2.24, 2.45) is 7.05 Å². The third-order valence-electron chi connectivity index (χ3n) is 4.54. The molecule has 2 aromatic heterocycles. The van der Waals surface area contributed by atoms with Gasteiger partial charge in [-0.1, -0.05) is 24.3 Å². The summed E-state index contributed by atoms with van der Waals surface area (Å²) in [5.74, 6) is -1.24. The zero-order chi connectivity index (χ0) is 19.1. The van der Waals surface area contributed by atoms with Crippen LogP contribution in [0.1, 0.15) is 25.6 Å². The van der Waals surface area contributed by atoms with Gasteiger partial charge in [-0.2, -0.15) is 0 Å². The lowest BCUT2D eigenvalue weighted by Gasteiger charge is -2.06.